The molecule has 1 aliphatic rings. The van der Waals surface area contributed by atoms with Crippen molar-refractivity contribution in [1.29, 1.82) is 0 Å². The highest BCUT2D eigenvalue weighted by molar-refractivity contribution is 7.89. The zero-order valence-electron chi connectivity index (χ0n) is 10.1. The summed E-state index contributed by atoms with van der Waals surface area (Å²) in [7, 11) is -3.57. The van der Waals surface area contributed by atoms with Crippen LogP contribution in [-0.2, 0) is 10.0 Å². The van der Waals surface area contributed by atoms with E-state index in [1.165, 1.54) is 0 Å². The summed E-state index contributed by atoms with van der Waals surface area (Å²) < 4.78 is 60.7. The average Bonchev–Trinajstić information content (AvgIpc) is 2.67. The Morgan fingerprint density at radius 1 is 1.33 bits per heavy atom. The van der Waals surface area contributed by atoms with Crippen LogP contribution in [0.3, 0.4) is 0 Å². The molecule has 4 nitrogen and oxygen atoms in total. The van der Waals surface area contributed by atoms with Crippen molar-refractivity contribution in [1.82, 2.24) is 10.0 Å². The Labute approximate surface area is 105 Å². The number of hydrogen-bond acceptors (Lipinski definition) is 3. The highest BCUT2D eigenvalue weighted by atomic mass is 32.2. The zero-order chi connectivity index (χ0) is 13.6. The third-order valence-corrected chi connectivity index (χ3v) is 4.32. The molecule has 0 aliphatic carbocycles. The summed E-state index contributed by atoms with van der Waals surface area (Å²) in [5, 5.41) is 3.22. The highest BCUT2D eigenvalue weighted by Gasteiger charge is 2.27. The molecule has 108 valence electrons. The minimum Gasteiger partial charge on any atom is -0.314 e. The molecule has 2 N–H and O–H groups in total. The molecule has 0 spiro atoms. The van der Waals surface area contributed by atoms with Crippen LogP contribution in [0, 0.1) is 0 Å². The molecule has 0 bridgehead atoms. The normalized spacial score (nSPS) is 21.4. The van der Waals surface area contributed by atoms with E-state index in [1.807, 2.05) is 0 Å². The highest BCUT2D eigenvalue weighted by Crippen LogP contribution is 2.21. The summed E-state index contributed by atoms with van der Waals surface area (Å²) in [6.45, 7) is 1.23. The van der Waals surface area contributed by atoms with Crippen LogP contribution >= 0.6 is 0 Å². The van der Waals surface area contributed by atoms with Gasteiger partial charge < -0.3 is 5.32 Å². The van der Waals surface area contributed by atoms with E-state index in [0.717, 1.165) is 19.4 Å². The van der Waals surface area contributed by atoms with Gasteiger partial charge in [-0.2, -0.15) is 13.2 Å². The molecule has 0 aromatic rings. The molecule has 1 atom stereocenters. The lowest BCUT2D eigenvalue weighted by Crippen LogP contribution is -2.32. The minimum atomic E-state index is -4.29. The van der Waals surface area contributed by atoms with Crippen molar-refractivity contribution in [2.24, 2.45) is 0 Å². The molecule has 1 fully saturated rings. The second-order valence-electron chi connectivity index (χ2n) is 4.51. The van der Waals surface area contributed by atoms with E-state index >= 15 is 0 Å². The number of sulfonamides is 1. The van der Waals surface area contributed by atoms with Crippen LogP contribution in [0.4, 0.5) is 13.2 Å². The van der Waals surface area contributed by atoms with Crippen molar-refractivity contribution < 1.29 is 21.6 Å². The Morgan fingerprint density at radius 3 is 2.61 bits per heavy atom. The fraction of sp³-hybridized carbons (Fsp3) is 1.00. The lowest BCUT2D eigenvalue weighted by atomic mass is 10.2. The van der Waals surface area contributed by atoms with Crippen LogP contribution in [0.5, 0.6) is 0 Å². The van der Waals surface area contributed by atoms with E-state index in [2.05, 4.69) is 10.0 Å². The molecule has 8 heteroatoms. The topological polar surface area (TPSA) is 58.2 Å². The molecule has 0 unspecified atom stereocenters. The third kappa shape index (κ3) is 7.17. The first kappa shape index (κ1) is 15.7. The first-order chi connectivity index (χ1) is 8.29. The Bertz CT molecular complexity index is 338. The van der Waals surface area contributed by atoms with E-state index in [0.29, 0.717) is 12.5 Å². The summed E-state index contributed by atoms with van der Waals surface area (Å²) in [6, 6.07) is 0.322. The van der Waals surface area contributed by atoms with Gasteiger partial charge >= 0.3 is 6.18 Å². The predicted molar refractivity (Wildman–Crippen MR) is 62.7 cm³/mol. The first-order valence-electron chi connectivity index (χ1n) is 6.06. The quantitative estimate of drug-likeness (QED) is 0.744. The standard InChI is InChI=1S/C10H19F3N2O2S/c11-10(12,13)5-2-8-18(16,17)15-7-4-9-3-1-6-14-9/h9,14-15H,1-8H2/t9-/m1/s1. The Morgan fingerprint density at radius 2 is 2.06 bits per heavy atom. The Hall–Kier alpha value is -0.340. The smallest absolute Gasteiger partial charge is 0.314 e. The first-order valence-corrected chi connectivity index (χ1v) is 7.71. The zero-order valence-corrected chi connectivity index (χ0v) is 10.9. The molecule has 0 saturated carbocycles. The summed E-state index contributed by atoms with van der Waals surface area (Å²) in [5.74, 6) is -0.468. The van der Waals surface area contributed by atoms with Gasteiger partial charge in [-0.1, -0.05) is 0 Å². The van der Waals surface area contributed by atoms with E-state index in [9.17, 15) is 21.6 Å². The van der Waals surface area contributed by atoms with E-state index in [-0.39, 0.29) is 13.0 Å². The van der Waals surface area contributed by atoms with Crippen LogP contribution in [0.1, 0.15) is 32.1 Å². The van der Waals surface area contributed by atoms with Gasteiger partial charge in [0.05, 0.1) is 5.75 Å². The summed E-state index contributed by atoms with van der Waals surface area (Å²) in [5.41, 5.74) is 0. The molecule has 1 saturated heterocycles. The maximum Gasteiger partial charge on any atom is 0.389 e. The van der Waals surface area contributed by atoms with E-state index in [1.54, 1.807) is 0 Å². The molecule has 0 aromatic carbocycles. The van der Waals surface area contributed by atoms with Crippen molar-refractivity contribution in [3.63, 3.8) is 0 Å². The van der Waals surface area contributed by atoms with E-state index < -0.39 is 28.4 Å². The van der Waals surface area contributed by atoms with Gasteiger partial charge in [0.2, 0.25) is 10.0 Å². The molecule has 0 amide bonds. The van der Waals surface area contributed by atoms with Crippen LogP contribution < -0.4 is 10.0 Å². The van der Waals surface area contributed by atoms with Gasteiger partial charge in [0.25, 0.3) is 0 Å². The second kappa shape index (κ2) is 6.72. The summed E-state index contributed by atoms with van der Waals surface area (Å²) in [6.07, 6.45) is -2.95. The number of alkyl halides is 3. The average molecular weight is 288 g/mol. The fourth-order valence-electron chi connectivity index (χ4n) is 1.93. The van der Waals surface area contributed by atoms with Gasteiger partial charge in [0.1, 0.15) is 0 Å². The van der Waals surface area contributed by atoms with Crippen LogP contribution in [0.15, 0.2) is 0 Å². The van der Waals surface area contributed by atoms with Gasteiger partial charge in [-0.25, -0.2) is 13.1 Å². The van der Waals surface area contributed by atoms with Crippen molar-refractivity contribution in [2.75, 3.05) is 18.8 Å². The number of rotatable bonds is 7. The second-order valence-corrected chi connectivity index (χ2v) is 6.44. The third-order valence-electron chi connectivity index (χ3n) is 2.85. The number of halogens is 3. The Balaban J connectivity index is 2.14. The SMILES string of the molecule is O=S(=O)(CCCC(F)(F)F)NCC[C@H]1CCCN1. The molecule has 1 heterocycles. The monoisotopic (exact) mass is 288 g/mol. The van der Waals surface area contributed by atoms with Gasteiger partial charge in [-0.05, 0) is 32.2 Å². The van der Waals surface area contributed by atoms with Gasteiger partial charge in [-0.15, -0.1) is 0 Å². The van der Waals surface area contributed by atoms with Gasteiger partial charge in [0, 0.05) is 19.0 Å². The maximum atomic E-state index is 11.9. The van der Waals surface area contributed by atoms with Crippen molar-refractivity contribution in [3.8, 4) is 0 Å². The van der Waals surface area contributed by atoms with Gasteiger partial charge in [0.15, 0.2) is 0 Å². The lowest BCUT2D eigenvalue weighted by Gasteiger charge is -2.11. The largest absolute Gasteiger partial charge is 0.389 e. The molecule has 0 radical (unpaired) electrons. The number of hydrogen-bond donors (Lipinski definition) is 2. The number of nitrogens with one attached hydrogen (secondary N) is 2. The summed E-state index contributed by atoms with van der Waals surface area (Å²) >= 11 is 0. The molecule has 1 aliphatic heterocycles. The van der Waals surface area contributed by atoms with Crippen LogP contribution in [0.25, 0.3) is 0 Å². The summed E-state index contributed by atoms with van der Waals surface area (Å²) in [4.78, 5) is 0. The molecule has 18 heavy (non-hydrogen) atoms. The van der Waals surface area contributed by atoms with E-state index in [4.69, 9.17) is 0 Å². The molecule has 0 aromatic heterocycles. The van der Waals surface area contributed by atoms with Crippen molar-refractivity contribution in [2.45, 2.75) is 44.3 Å². The predicted octanol–water partition coefficient (Wildman–Crippen LogP) is 1.39. The maximum absolute atomic E-state index is 11.9. The molecule has 1 rings (SSSR count). The van der Waals surface area contributed by atoms with Crippen LogP contribution in [-0.4, -0.2) is 39.5 Å². The fourth-order valence-corrected chi connectivity index (χ4v) is 3.02. The van der Waals surface area contributed by atoms with Crippen molar-refractivity contribution in [3.05, 3.63) is 0 Å². The molecular weight excluding hydrogens is 269 g/mol. The van der Waals surface area contributed by atoms with Crippen molar-refractivity contribution >= 4 is 10.0 Å². The molecular formula is C10H19F3N2O2S. The Kier molecular flexibility index (Phi) is 5.87. The van der Waals surface area contributed by atoms with Crippen LogP contribution in [0.2, 0.25) is 0 Å². The minimum absolute atomic E-state index is 0.284. The lowest BCUT2D eigenvalue weighted by molar-refractivity contribution is -0.134. The van der Waals surface area contributed by atoms with Gasteiger partial charge in [-0.3, -0.25) is 0 Å².